The van der Waals surface area contributed by atoms with Crippen LogP contribution in [-0.4, -0.2) is 39.5 Å². The van der Waals surface area contributed by atoms with Crippen molar-refractivity contribution in [3.8, 4) is 0 Å². The second kappa shape index (κ2) is 8.02. The van der Waals surface area contributed by atoms with Gasteiger partial charge < -0.3 is 9.47 Å². The molecule has 6 nitrogen and oxygen atoms in total. The van der Waals surface area contributed by atoms with Crippen LogP contribution >= 0.6 is 12.6 Å². The molecule has 3 atom stereocenters. The van der Waals surface area contributed by atoms with E-state index in [9.17, 15) is 13.2 Å². The lowest BCUT2D eigenvalue weighted by atomic mass is 9.97. The van der Waals surface area contributed by atoms with Crippen molar-refractivity contribution in [2.75, 3.05) is 12.9 Å². The van der Waals surface area contributed by atoms with Gasteiger partial charge in [0.05, 0.1) is 18.4 Å². The van der Waals surface area contributed by atoms with Crippen LogP contribution in [0.15, 0.2) is 60.7 Å². The molecule has 1 aliphatic rings. The molecule has 0 amide bonds. The molecule has 0 aliphatic carbocycles. The second-order valence-electron chi connectivity index (χ2n) is 6.31. The maximum absolute atomic E-state index is 12.4. The predicted molar refractivity (Wildman–Crippen MR) is 103 cm³/mol. The first-order valence-corrected chi connectivity index (χ1v) is 10.6. The molecule has 2 aromatic rings. The van der Waals surface area contributed by atoms with Crippen LogP contribution in [0.3, 0.4) is 0 Å². The van der Waals surface area contributed by atoms with Crippen LogP contribution in [0.4, 0.5) is 0 Å². The number of ether oxygens (including phenoxy) is 2. The first kappa shape index (κ1) is 19.9. The van der Waals surface area contributed by atoms with Crippen LogP contribution in [0.5, 0.6) is 0 Å². The summed E-state index contributed by atoms with van der Waals surface area (Å²) in [6.45, 7) is -0.0445. The number of thiol groups is 1. The number of carbonyl (C=O) groups excluding carboxylic acids is 1. The zero-order valence-electron chi connectivity index (χ0n) is 14.6. The molecule has 2 aromatic carbocycles. The van der Waals surface area contributed by atoms with Gasteiger partial charge in [0.15, 0.2) is 6.10 Å². The van der Waals surface area contributed by atoms with E-state index in [0.29, 0.717) is 5.56 Å². The summed E-state index contributed by atoms with van der Waals surface area (Å²) in [5, 5.41) is 0. The summed E-state index contributed by atoms with van der Waals surface area (Å²) in [6.07, 6.45) is -0.739. The molecule has 8 heteroatoms. The Morgan fingerprint density at radius 1 is 1.07 bits per heavy atom. The Bertz CT molecular complexity index is 885. The Labute approximate surface area is 164 Å². The van der Waals surface area contributed by atoms with E-state index in [4.69, 9.17) is 13.7 Å². The first-order chi connectivity index (χ1) is 12.8. The standard InChI is InChI=1S/C19H20O6S2/c1-27(21,22)25-16-12-19(26,15-10-6-3-7-11-15)23-13-17(16)24-18(20)14-8-4-2-5-9-14/h2-11,16-17,26H,12-13H2,1H3/t16-,17+,19+/m1/s1. The number of rotatable bonds is 5. The van der Waals surface area contributed by atoms with Crippen LogP contribution in [0.2, 0.25) is 0 Å². The number of esters is 1. The fourth-order valence-electron chi connectivity index (χ4n) is 2.90. The van der Waals surface area contributed by atoms with Gasteiger partial charge in [0, 0.05) is 6.42 Å². The van der Waals surface area contributed by atoms with E-state index in [0.717, 1.165) is 11.8 Å². The molecule has 0 spiro atoms. The molecule has 0 bridgehead atoms. The van der Waals surface area contributed by atoms with Gasteiger partial charge in [-0.2, -0.15) is 8.42 Å². The molecule has 0 saturated carbocycles. The third kappa shape index (κ3) is 5.10. The molecule has 0 N–H and O–H groups in total. The van der Waals surface area contributed by atoms with Crippen molar-refractivity contribution in [3.63, 3.8) is 0 Å². The summed E-state index contributed by atoms with van der Waals surface area (Å²) in [5.74, 6) is -0.572. The van der Waals surface area contributed by atoms with Gasteiger partial charge in [0.1, 0.15) is 11.0 Å². The highest BCUT2D eigenvalue weighted by Crippen LogP contribution is 2.40. The van der Waals surface area contributed by atoms with E-state index in [1.165, 1.54) is 0 Å². The minimum absolute atomic E-state index is 0.0445. The van der Waals surface area contributed by atoms with Gasteiger partial charge in [-0.15, -0.1) is 12.6 Å². The molecule has 144 valence electrons. The van der Waals surface area contributed by atoms with Gasteiger partial charge >= 0.3 is 5.97 Å². The van der Waals surface area contributed by atoms with Crippen LogP contribution in [0.25, 0.3) is 0 Å². The molecule has 0 radical (unpaired) electrons. The SMILES string of the molecule is CS(=O)(=O)O[C@@H]1C[C@](S)(c2ccccc2)OC[C@@H]1OC(=O)c1ccccc1. The maximum Gasteiger partial charge on any atom is 0.338 e. The first-order valence-electron chi connectivity index (χ1n) is 8.33. The zero-order valence-corrected chi connectivity index (χ0v) is 16.4. The average Bonchev–Trinajstić information content (AvgIpc) is 2.64. The van der Waals surface area contributed by atoms with Gasteiger partial charge in [-0.25, -0.2) is 4.79 Å². The normalized spacial score (nSPS) is 25.7. The Kier molecular flexibility index (Phi) is 5.90. The zero-order chi connectivity index (χ0) is 19.5. The Balaban J connectivity index is 1.81. The average molecular weight is 408 g/mol. The lowest BCUT2D eigenvalue weighted by molar-refractivity contribution is -0.131. The van der Waals surface area contributed by atoms with E-state index < -0.39 is 33.2 Å². The van der Waals surface area contributed by atoms with Gasteiger partial charge in [-0.1, -0.05) is 48.5 Å². The van der Waals surface area contributed by atoms with Crippen molar-refractivity contribution in [2.45, 2.75) is 23.6 Å². The second-order valence-corrected chi connectivity index (χ2v) is 8.64. The largest absolute Gasteiger partial charge is 0.453 e. The van der Waals surface area contributed by atoms with E-state index in [2.05, 4.69) is 12.6 Å². The Morgan fingerprint density at radius 2 is 1.67 bits per heavy atom. The summed E-state index contributed by atoms with van der Waals surface area (Å²) in [5.41, 5.74) is 1.13. The quantitative estimate of drug-likeness (QED) is 0.466. The van der Waals surface area contributed by atoms with Crippen molar-refractivity contribution < 1.29 is 26.9 Å². The molecule has 1 aliphatic heterocycles. The Morgan fingerprint density at radius 3 is 2.26 bits per heavy atom. The lowest BCUT2D eigenvalue weighted by Crippen LogP contribution is -2.48. The monoisotopic (exact) mass is 408 g/mol. The summed E-state index contributed by atoms with van der Waals surface area (Å²) >= 11 is 4.61. The van der Waals surface area contributed by atoms with Gasteiger partial charge in [0.25, 0.3) is 10.1 Å². The highest BCUT2D eigenvalue weighted by molar-refractivity contribution is 7.86. The van der Waals surface area contributed by atoms with E-state index >= 15 is 0 Å². The van der Waals surface area contributed by atoms with Crippen LogP contribution < -0.4 is 0 Å². The lowest BCUT2D eigenvalue weighted by Gasteiger charge is -2.40. The molecule has 1 heterocycles. The van der Waals surface area contributed by atoms with Crippen molar-refractivity contribution >= 4 is 28.7 Å². The summed E-state index contributed by atoms with van der Waals surface area (Å²) in [4.78, 5) is 11.3. The third-order valence-corrected chi connectivity index (χ3v) is 5.34. The summed E-state index contributed by atoms with van der Waals surface area (Å²) in [6, 6.07) is 17.6. The third-order valence-electron chi connectivity index (χ3n) is 4.17. The fraction of sp³-hybridized carbons (Fsp3) is 0.316. The number of hydrogen-bond donors (Lipinski definition) is 1. The van der Waals surface area contributed by atoms with Crippen molar-refractivity contribution in [2.24, 2.45) is 0 Å². The van der Waals surface area contributed by atoms with Crippen LogP contribution in [-0.2, 0) is 28.7 Å². The number of hydrogen-bond acceptors (Lipinski definition) is 7. The van der Waals surface area contributed by atoms with E-state index in [1.54, 1.807) is 30.3 Å². The molecular weight excluding hydrogens is 388 g/mol. The molecule has 0 unspecified atom stereocenters. The smallest absolute Gasteiger partial charge is 0.338 e. The Hall–Kier alpha value is -1.87. The van der Waals surface area contributed by atoms with Crippen molar-refractivity contribution in [1.29, 1.82) is 0 Å². The van der Waals surface area contributed by atoms with Crippen LogP contribution in [0.1, 0.15) is 22.3 Å². The van der Waals surface area contributed by atoms with Gasteiger partial charge in [-0.3, -0.25) is 4.18 Å². The summed E-state index contributed by atoms with van der Waals surface area (Å²) < 4.78 is 40.0. The molecule has 27 heavy (non-hydrogen) atoms. The highest BCUT2D eigenvalue weighted by Gasteiger charge is 2.44. The highest BCUT2D eigenvalue weighted by atomic mass is 32.2. The van der Waals surface area contributed by atoms with Crippen molar-refractivity contribution in [1.82, 2.24) is 0 Å². The van der Waals surface area contributed by atoms with Gasteiger partial charge in [-0.05, 0) is 17.7 Å². The van der Waals surface area contributed by atoms with E-state index in [-0.39, 0.29) is 13.0 Å². The molecule has 0 aromatic heterocycles. The molecule has 1 fully saturated rings. The topological polar surface area (TPSA) is 78.9 Å². The minimum atomic E-state index is -3.77. The van der Waals surface area contributed by atoms with E-state index in [1.807, 2.05) is 30.3 Å². The fourth-order valence-corrected chi connectivity index (χ4v) is 3.94. The van der Waals surface area contributed by atoms with Crippen LogP contribution in [0, 0.1) is 0 Å². The predicted octanol–water partition coefficient (Wildman–Crippen LogP) is 2.76. The number of carbonyl (C=O) groups is 1. The molecule has 3 rings (SSSR count). The summed E-state index contributed by atoms with van der Waals surface area (Å²) in [7, 11) is -3.77. The molecule has 1 saturated heterocycles. The molecular formula is C19H20O6S2. The minimum Gasteiger partial charge on any atom is -0.453 e. The number of benzene rings is 2. The van der Waals surface area contributed by atoms with Gasteiger partial charge in [0.2, 0.25) is 0 Å². The van der Waals surface area contributed by atoms with Crippen molar-refractivity contribution in [3.05, 3.63) is 71.8 Å². The maximum atomic E-state index is 12.4.